The van der Waals surface area contributed by atoms with Crippen molar-refractivity contribution in [3.8, 4) is 0 Å². The molecule has 25 heavy (non-hydrogen) atoms. The lowest BCUT2D eigenvalue weighted by Crippen LogP contribution is -2.40. The Balaban J connectivity index is 2.08. The van der Waals surface area contributed by atoms with E-state index in [1.54, 1.807) is 20.8 Å². The SMILES string of the molecule is CC(C)(C)S(=O)(=O)CCNC(=O)C1(c2cccc(C(F)(F)F)c2)CC1. The monoisotopic (exact) mass is 377 g/mol. The third kappa shape index (κ3) is 4.16. The molecular weight excluding hydrogens is 355 g/mol. The van der Waals surface area contributed by atoms with Gasteiger partial charge >= 0.3 is 6.18 Å². The predicted molar refractivity (Wildman–Crippen MR) is 88.9 cm³/mol. The average Bonchev–Trinajstić information content (AvgIpc) is 3.26. The van der Waals surface area contributed by atoms with Crippen LogP contribution >= 0.6 is 0 Å². The van der Waals surface area contributed by atoms with Gasteiger partial charge in [0.2, 0.25) is 5.91 Å². The highest BCUT2D eigenvalue weighted by Crippen LogP contribution is 2.49. The molecule has 0 bridgehead atoms. The molecule has 140 valence electrons. The van der Waals surface area contributed by atoms with Crippen LogP contribution in [0.1, 0.15) is 44.7 Å². The highest BCUT2D eigenvalue weighted by Gasteiger charge is 2.51. The van der Waals surface area contributed by atoms with Crippen molar-refractivity contribution in [1.29, 1.82) is 0 Å². The van der Waals surface area contributed by atoms with Crippen LogP contribution in [0, 0.1) is 0 Å². The number of rotatable bonds is 5. The first-order valence-electron chi connectivity index (χ1n) is 7.98. The molecule has 0 heterocycles. The van der Waals surface area contributed by atoms with Crippen LogP contribution in [-0.4, -0.2) is 31.4 Å². The molecule has 1 aromatic carbocycles. The van der Waals surface area contributed by atoms with Crippen LogP contribution in [0.15, 0.2) is 24.3 Å². The van der Waals surface area contributed by atoms with Gasteiger partial charge in [-0.2, -0.15) is 13.2 Å². The largest absolute Gasteiger partial charge is 0.416 e. The van der Waals surface area contributed by atoms with Crippen LogP contribution in [0.4, 0.5) is 13.2 Å². The van der Waals surface area contributed by atoms with Crippen LogP contribution < -0.4 is 5.32 Å². The van der Waals surface area contributed by atoms with E-state index in [-0.39, 0.29) is 12.3 Å². The fourth-order valence-electron chi connectivity index (χ4n) is 2.54. The van der Waals surface area contributed by atoms with Crippen molar-refractivity contribution in [1.82, 2.24) is 5.32 Å². The van der Waals surface area contributed by atoms with E-state index in [0.29, 0.717) is 18.4 Å². The van der Waals surface area contributed by atoms with Gasteiger partial charge in [0, 0.05) is 6.54 Å². The lowest BCUT2D eigenvalue weighted by molar-refractivity contribution is -0.137. The number of hydrogen-bond donors (Lipinski definition) is 1. The zero-order valence-corrected chi connectivity index (χ0v) is 15.2. The molecule has 1 aromatic rings. The maximum Gasteiger partial charge on any atom is 0.416 e. The molecule has 1 aliphatic rings. The summed E-state index contributed by atoms with van der Waals surface area (Å²) in [6.45, 7) is 4.68. The van der Waals surface area contributed by atoms with Gasteiger partial charge in [0.1, 0.15) is 0 Å². The Kier molecular flexibility index (Phi) is 4.98. The van der Waals surface area contributed by atoms with E-state index in [9.17, 15) is 26.4 Å². The summed E-state index contributed by atoms with van der Waals surface area (Å²) in [4.78, 5) is 12.4. The molecule has 0 aliphatic heterocycles. The summed E-state index contributed by atoms with van der Waals surface area (Å²) in [6.07, 6.45) is -3.57. The van der Waals surface area contributed by atoms with E-state index < -0.39 is 37.6 Å². The van der Waals surface area contributed by atoms with Crippen molar-refractivity contribution < 1.29 is 26.4 Å². The van der Waals surface area contributed by atoms with Crippen molar-refractivity contribution in [2.75, 3.05) is 12.3 Å². The van der Waals surface area contributed by atoms with Crippen LogP contribution in [-0.2, 0) is 26.2 Å². The summed E-state index contributed by atoms with van der Waals surface area (Å²) in [7, 11) is -3.37. The van der Waals surface area contributed by atoms with Gasteiger partial charge in [0.05, 0.1) is 21.5 Å². The molecular formula is C17H22F3NO3S. The zero-order chi connectivity index (χ0) is 19.1. The summed E-state index contributed by atoms with van der Waals surface area (Å²) >= 11 is 0. The number of carbonyl (C=O) groups is 1. The molecule has 1 N–H and O–H groups in total. The minimum absolute atomic E-state index is 0.0564. The second-order valence-corrected chi connectivity index (χ2v) is 10.2. The van der Waals surface area contributed by atoms with Crippen LogP contribution in [0.25, 0.3) is 0 Å². The predicted octanol–water partition coefficient (Wildman–Crippen LogP) is 3.07. The van der Waals surface area contributed by atoms with Crippen LogP contribution in [0.3, 0.4) is 0 Å². The number of nitrogens with one attached hydrogen (secondary N) is 1. The molecule has 1 fully saturated rings. The van der Waals surface area contributed by atoms with Gasteiger partial charge in [-0.15, -0.1) is 0 Å². The normalized spacial score (nSPS) is 17.2. The van der Waals surface area contributed by atoms with Gasteiger partial charge in [-0.3, -0.25) is 4.79 Å². The first-order valence-corrected chi connectivity index (χ1v) is 9.63. The topological polar surface area (TPSA) is 63.2 Å². The number of sulfone groups is 1. The van der Waals surface area contributed by atoms with E-state index in [0.717, 1.165) is 12.1 Å². The quantitative estimate of drug-likeness (QED) is 0.858. The lowest BCUT2D eigenvalue weighted by atomic mass is 9.93. The molecule has 1 saturated carbocycles. The van der Waals surface area contributed by atoms with Crippen molar-refractivity contribution in [2.45, 2.75) is 50.0 Å². The molecule has 8 heteroatoms. The standard InChI is InChI=1S/C17H22F3NO3S/c1-15(2,3)25(23,24)10-9-21-14(22)16(7-8-16)12-5-4-6-13(11-12)17(18,19)20/h4-6,11H,7-10H2,1-3H3,(H,21,22). The van der Waals surface area contributed by atoms with Gasteiger partial charge in [0.25, 0.3) is 0 Å². The number of carbonyl (C=O) groups excluding carboxylic acids is 1. The Morgan fingerprint density at radius 1 is 1.20 bits per heavy atom. The lowest BCUT2D eigenvalue weighted by Gasteiger charge is -2.21. The molecule has 1 aliphatic carbocycles. The molecule has 1 amide bonds. The molecule has 0 unspecified atom stereocenters. The maximum absolute atomic E-state index is 12.9. The summed E-state index contributed by atoms with van der Waals surface area (Å²) in [5.74, 6) is -0.628. The summed E-state index contributed by atoms with van der Waals surface area (Å²) in [5.41, 5.74) is -1.45. The Labute approximate surface area is 145 Å². The molecule has 0 spiro atoms. The van der Waals surface area contributed by atoms with Gasteiger partial charge in [0.15, 0.2) is 9.84 Å². The molecule has 0 aromatic heterocycles. The Bertz CT molecular complexity index is 760. The molecule has 0 radical (unpaired) electrons. The van der Waals surface area contributed by atoms with Crippen LogP contribution in [0.2, 0.25) is 0 Å². The van der Waals surface area contributed by atoms with Gasteiger partial charge in [-0.1, -0.05) is 18.2 Å². The maximum atomic E-state index is 12.9. The molecule has 0 atom stereocenters. The Hall–Kier alpha value is -1.57. The number of halogens is 3. The number of alkyl halides is 3. The van der Waals surface area contributed by atoms with Gasteiger partial charge in [-0.25, -0.2) is 8.42 Å². The molecule has 4 nitrogen and oxygen atoms in total. The second-order valence-electron chi connectivity index (χ2n) is 7.35. The minimum Gasteiger partial charge on any atom is -0.354 e. The number of benzene rings is 1. The number of hydrogen-bond acceptors (Lipinski definition) is 3. The zero-order valence-electron chi connectivity index (χ0n) is 14.4. The van der Waals surface area contributed by atoms with Gasteiger partial charge in [-0.05, 0) is 45.2 Å². The van der Waals surface area contributed by atoms with Crippen molar-refractivity contribution in [3.05, 3.63) is 35.4 Å². The Morgan fingerprint density at radius 2 is 1.80 bits per heavy atom. The highest BCUT2D eigenvalue weighted by atomic mass is 32.2. The third-order valence-electron chi connectivity index (χ3n) is 4.52. The van der Waals surface area contributed by atoms with Crippen molar-refractivity contribution in [3.63, 3.8) is 0 Å². The second kappa shape index (κ2) is 6.30. The van der Waals surface area contributed by atoms with E-state index in [1.165, 1.54) is 12.1 Å². The molecule has 0 saturated heterocycles. The third-order valence-corrected chi connectivity index (χ3v) is 7.12. The number of amides is 1. The van der Waals surface area contributed by atoms with E-state index in [2.05, 4.69) is 5.32 Å². The first-order chi connectivity index (χ1) is 11.3. The average molecular weight is 377 g/mol. The highest BCUT2D eigenvalue weighted by molar-refractivity contribution is 7.92. The van der Waals surface area contributed by atoms with Crippen molar-refractivity contribution >= 4 is 15.7 Å². The summed E-state index contributed by atoms with van der Waals surface area (Å²) in [5, 5.41) is 2.57. The smallest absolute Gasteiger partial charge is 0.354 e. The van der Waals surface area contributed by atoms with E-state index >= 15 is 0 Å². The minimum atomic E-state index is -4.47. The fourth-order valence-corrected chi connectivity index (χ4v) is 3.52. The van der Waals surface area contributed by atoms with E-state index in [4.69, 9.17) is 0 Å². The first kappa shape index (κ1) is 19.8. The van der Waals surface area contributed by atoms with Gasteiger partial charge < -0.3 is 5.32 Å². The summed E-state index contributed by atoms with van der Waals surface area (Å²) in [6, 6.07) is 4.76. The van der Waals surface area contributed by atoms with E-state index in [1.807, 2.05) is 0 Å². The summed E-state index contributed by atoms with van der Waals surface area (Å²) < 4.78 is 61.7. The van der Waals surface area contributed by atoms with Crippen LogP contribution in [0.5, 0.6) is 0 Å². The Morgan fingerprint density at radius 3 is 2.28 bits per heavy atom. The van der Waals surface area contributed by atoms with Crippen molar-refractivity contribution in [2.24, 2.45) is 0 Å². The fraction of sp³-hybridized carbons (Fsp3) is 0.588. The molecule has 2 rings (SSSR count).